The highest BCUT2D eigenvalue weighted by atomic mass is 16.5. The van der Waals surface area contributed by atoms with Crippen molar-refractivity contribution in [1.29, 1.82) is 0 Å². The minimum atomic E-state index is 0.401. The van der Waals surface area contributed by atoms with Crippen LogP contribution in [0.1, 0.15) is 18.4 Å². The second-order valence-electron chi connectivity index (χ2n) is 3.87. The number of ether oxygens (including phenoxy) is 1. The minimum Gasteiger partial charge on any atom is -0.497 e. The molecule has 74 valence electrons. The Morgan fingerprint density at radius 2 is 2.21 bits per heavy atom. The van der Waals surface area contributed by atoms with Crippen LogP contribution in [0.4, 0.5) is 0 Å². The van der Waals surface area contributed by atoms with Crippen LogP contribution in [0.15, 0.2) is 24.3 Å². The predicted molar refractivity (Wildman–Crippen MR) is 54.4 cm³/mol. The van der Waals surface area contributed by atoms with Crippen molar-refractivity contribution in [2.45, 2.75) is 19.3 Å². The molecule has 0 heterocycles. The number of hydrogen-bond acceptors (Lipinski definition) is 2. The largest absolute Gasteiger partial charge is 0.497 e. The molecule has 1 fully saturated rings. The van der Waals surface area contributed by atoms with Gasteiger partial charge in [-0.1, -0.05) is 12.1 Å². The lowest BCUT2D eigenvalue weighted by Gasteiger charge is -2.23. The highest BCUT2D eigenvalue weighted by molar-refractivity contribution is 5.84. The Hall–Kier alpha value is -1.31. The van der Waals surface area contributed by atoms with Crippen LogP contribution in [-0.4, -0.2) is 12.9 Å². The molecule has 0 saturated heterocycles. The van der Waals surface area contributed by atoms with Gasteiger partial charge in [0.05, 0.1) is 7.11 Å². The molecule has 2 rings (SSSR count). The van der Waals surface area contributed by atoms with E-state index in [9.17, 15) is 4.79 Å². The van der Waals surface area contributed by atoms with Crippen LogP contribution < -0.4 is 4.74 Å². The van der Waals surface area contributed by atoms with Crippen molar-refractivity contribution in [3.63, 3.8) is 0 Å². The summed E-state index contributed by atoms with van der Waals surface area (Å²) in [6, 6.07) is 8.07. The number of ketones is 1. The van der Waals surface area contributed by atoms with Crippen LogP contribution in [0.2, 0.25) is 0 Å². The van der Waals surface area contributed by atoms with E-state index in [1.807, 2.05) is 18.2 Å². The second kappa shape index (κ2) is 3.82. The van der Waals surface area contributed by atoms with Crippen molar-refractivity contribution < 1.29 is 9.53 Å². The average molecular weight is 190 g/mol. The molecule has 0 atom stereocenters. The van der Waals surface area contributed by atoms with Crippen molar-refractivity contribution in [3.05, 3.63) is 29.8 Å². The highest BCUT2D eigenvalue weighted by Gasteiger charge is 2.26. The van der Waals surface area contributed by atoms with Gasteiger partial charge in [-0.3, -0.25) is 4.79 Å². The SMILES string of the molecule is COc1cccc(CC2CC(=O)C2)c1. The molecule has 1 aliphatic carbocycles. The first-order chi connectivity index (χ1) is 6.78. The van der Waals surface area contributed by atoms with Crippen molar-refractivity contribution in [3.8, 4) is 5.75 Å². The smallest absolute Gasteiger partial charge is 0.133 e. The maximum Gasteiger partial charge on any atom is 0.133 e. The lowest BCUT2D eigenvalue weighted by molar-refractivity contribution is -0.126. The van der Waals surface area contributed by atoms with Gasteiger partial charge in [-0.15, -0.1) is 0 Å². The van der Waals surface area contributed by atoms with Gasteiger partial charge in [0.25, 0.3) is 0 Å². The van der Waals surface area contributed by atoms with E-state index in [-0.39, 0.29) is 0 Å². The molecule has 0 spiro atoms. The van der Waals surface area contributed by atoms with Crippen molar-refractivity contribution in [1.82, 2.24) is 0 Å². The third kappa shape index (κ3) is 1.95. The second-order valence-corrected chi connectivity index (χ2v) is 3.87. The van der Waals surface area contributed by atoms with E-state index >= 15 is 0 Å². The molecule has 2 nitrogen and oxygen atoms in total. The van der Waals surface area contributed by atoms with E-state index in [1.165, 1.54) is 5.56 Å². The number of rotatable bonds is 3. The molecular formula is C12H14O2. The van der Waals surface area contributed by atoms with Crippen LogP contribution in [0.3, 0.4) is 0 Å². The van der Waals surface area contributed by atoms with Crippen LogP contribution in [0.25, 0.3) is 0 Å². The van der Waals surface area contributed by atoms with Crippen molar-refractivity contribution in [2.75, 3.05) is 7.11 Å². The van der Waals surface area contributed by atoms with E-state index in [1.54, 1.807) is 7.11 Å². The summed E-state index contributed by atoms with van der Waals surface area (Å²) in [5, 5.41) is 0. The molecule has 0 radical (unpaired) electrons. The fraction of sp³-hybridized carbons (Fsp3) is 0.417. The summed E-state index contributed by atoms with van der Waals surface area (Å²) in [6.07, 6.45) is 2.53. The molecule has 0 aliphatic heterocycles. The monoisotopic (exact) mass is 190 g/mol. The molecule has 14 heavy (non-hydrogen) atoms. The molecule has 2 heteroatoms. The number of benzene rings is 1. The van der Waals surface area contributed by atoms with Crippen molar-refractivity contribution >= 4 is 5.78 Å². The quantitative estimate of drug-likeness (QED) is 0.730. The highest BCUT2D eigenvalue weighted by Crippen LogP contribution is 2.27. The molecular weight excluding hydrogens is 176 g/mol. The van der Waals surface area contributed by atoms with Crippen LogP contribution in [0.5, 0.6) is 5.75 Å². The first kappa shape index (κ1) is 9.25. The summed E-state index contributed by atoms with van der Waals surface area (Å²) in [5.41, 5.74) is 1.27. The van der Waals surface area contributed by atoms with Crippen LogP contribution in [-0.2, 0) is 11.2 Å². The third-order valence-corrected chi connectivity index (χ3v) is 2.69. The van der Waals surface area contributed by atoms with Gasteiger partial charge in [-0.2, -0.15) is 0 Å². The van der Waals surface area contributed by atoms with E-state index in [4.69, 9.17) is 4.74 Å². The number of carbonyl (C=O) groups excluding carboxylic acids is 1. The molecule has 1 saturated carbocycles. The van der Waals surface area contributed by atoms with Gasteiger partial charge in [-0.25, -0.2) is 0 Å². The molecule has 1 aliphatic rings. The Labute approximate surface area is 83.9 Å². The van der Waals surface area contributed by atoms with E-state index in [0.717, 1.165) is 25.0 Å². The lowest BCUT2D eigenvalue weighted by Crippen LogP contribution is -2.24. The molecule has 1 aromatic rings. The van der Waals surface area contributed by atoms with Crippen LogP contribution >= 0.6 is 0 Å². The standard InChI is InChI=1S/C12H14O2/c1-14-12-4-2-3-9(8-12)5-10-6-11(13)7-10/h2-4,8,10H,5-7H2,1H3. The average Bonchev–Trinajstić information content (AvgIpc) is 2.16. The van der Waals surface area contributed by atoms with E-state index in [2.05, 4.69) is 6.07 Å². The number of Topliss-reactive ketones (excluding diaryl/α,β-unsaturated/α-hetero) is 1. The summed E-state index contributed by atoms with van der Waals surface area (Å²) in [7, 11) is 1.67. The van der Waals surface area contributed by atoms with Gasteiger partial charge >= 0.3 is 0 Å². The zero-order valence-corrected chi connectivity index (χ0v) is 8.32. The summed E-state index contributed by atoms with van der Waals surface area (Å²) in [6.45, 7) is 0. The Morgan fingerprint density at radius 1 is 1.43 bits per heavy atom. The molecule has 0 aromatic heterocycles. The Morgan fingerprint density at radius 3 is 2.86 bits per heavy atom. The van der Waals surface area contributed by atoms with Gasteiger partial charge in [0.1, 0.15) is 11.5 Å². The Kier molecular flexibility index (Phi) is 2.53. The van der Waals surface area contributed by atoms with Gasteiger partial charge < -0.3 is 4.74 Å². The number of hydrogen-bond donors (Lipinski definition) is 0. The van der Waals surface area contributed by atoms with E-state index < -0.39 is 0 Å². The van der Waals surface area contributed by atoms with Gasteiger partial charge in [-0.05, 0) is 30.0 Å². The number of methoxy groups -OCH3 is 1. The zero-order chi connectivity index (χ0) is 9.97. The molecule has 0 bridgehead atoms. The summed E-state index contributed by atoms with van der Waals surface area (Å²) in [5.74, 6) is 1.86. The van der Waals surface area contributed by atoms with Gasteiger partial charge in [0.15, 0.2) is 0 Å². The predicted octanol–water partition coefficient (Wildman–Crippen LogP) is 2.22. The molecule has 1 aromatic carbocycles. The lowest BCUT2D eigenvalue weighted by atomic mass is 9.80. The van der Waals surface area contributed by atoms with E-state index in [0.29, 0.717) is 11.7 Å². The summed E-state index contributed by atoms with van der Waals surface area (Å²) < 4.78 is 5.14. The normalized spacial score (nSPS) is 16.5. The van der Waals surface area contributed by atoms with Gasteiger partial charge in [0.2, 0.25) is 0 Å². The fourth-order valence-electron chi connectivity index (χ4n) is 1.86. The third-order valence-electron chi connectivity index (χ3n) is 2.69. The maximum atomic E-state index is 10.8. The van der Waals surface area contributed by atoms with Crippen molar-refractivity contribution in [2.24, 2.45) is 5.92 Å². The molecule has 0 amide bonds. The Balaban J connectivity index is 1.98. The summed E-state index contributed by atoms with van der Waals surface area (Å²) >= 11 is 0. The zero-order valence-electron chi connectivity index (χ0n) is 8.32. The van der Waals surface area contributed by atoms with Crippen LogP contribution in [0, 0.1) is 5.92 Å². The number of carbonyl (C=O) groups is 1. The Bertz CT molecular complexity index is 336. The first-order valence-corrected chi connectivity index (χ1v) is 4.92. The first-order valence-electron chi connectivity index (χ1n) is 4.92. The fourth-order valence-corrected chi connectivity index (χ4v) is 1.86. The minimum absolute atomic E-state index is 0.401. The topological polar surface area (TPSA) is 26.3 Å². The van der Waals surface area contributed by atoms with Gasteiger partial charge in [0, 0.05) is 12.8 Å². The summed E-state index contributed by atoms with van der Waals surface area (Å²) in [4.78, 5) is 10.8. The molecule has 0 unspecified atom stereocenters. The maximum absolute atomic E-state index is 10.8. The molecule has 0 N–H and O–H groups in total.